The quantitative estimate of drug-likeness (QED) is 0.131. The molecule has 0 aromatic rings. The molecule has 0 unspecified atom stereocenters. The molecule has 3 aliphatic heterocycles. The molecule has 172 valence electrons. The van der Waals surface area contributed by atoms with Gasteiger partial charge in [-0.25, -0.2) is 4.79 Å². The van der Waals surface area contributed by atoms with Crippen LogP contribution >= 0.6 is 11.8 Å². The zero-order valence-electron chi connectivity index (χ0n) is 17.8. The van der Waals surface area contributed by atoms with Crippen LogP contribution in [0, 0.1) is 17.2 Å². The molecule has 2 saturated heterocycles. The van der Waals surface area contributed by atoms with Gasteiger partial charge in [0.05, 0.1) is 24.5 Å². The summed E-state index contributed by atoms with van der Waals surface area (Å²) >= 11 is 1.43. The monoisotopic (exact) mass is 453 g/mol. The van der Waals surface area contributed by atoms with Crippen LogP contribution in [0.3, 0.4) is 0 Å². The minimum absolute atomic E-state index is 0.0138. The molecule has 0 radical (unpaired) electrons. The second-order valence-electron chi connectivity index (χ2n) is 8.39. The fraction of sp³-hybridized carbons (Fsp3) is 0.700. The van der Waals surface area contributed by atoms with Gasteiger partial charge in [-0.05, 0) is 26.3 Å². The topological polar surface area (TPSA) is 160 Å². The Morgan fingerprint density at radius 2 is 2.03 bits per heavy atom. The van der Waals surface area contributed by atoms with Gasteiger partial charge >= 0.3 is 5.97 Å². The fourth-order valence-electron chi connectivity index (χ4n) is 4.41. The van der Waals surface area contributed by atoms with E-state index in [9.17, 15) is 24.6 Å². The van der Waals surface area contributed by atoms with E-state index in [0.29, 0.717) is 31.1 Å². The normalized spacial score (nSPS) is 26.3. The van der Waals surface area contributed by atoms with Crippen LogP contribution in [0.15, 0.2) is 10.6 Å². The first-order valence-corrected chi connectivity index (χ1v) is 11.5. The predicted octanol–water partition coefficient (Wildman–Crippen LogP) is -0.220. The van der Waals surface area contributed by atoms with Gasteiger partial charge in [0.15, 0.2) is 0 Å². The number of hydrogen-bond acceptors (Lipinski definition) is 7. The Bertz CT molecular complexity index is 795. The number of hydrogen-bond donors (Lipinski definition) is 5. The number of likely N-dealkylation sites (tertiary alicyclic amines) is 1. The Morgan fingerprint density at radius 1 is 1.35 bits per heavy atom. The third-order valence-electron chi connectivity index (χ3n) is 6.12. The van der Waals surface area contributed by atoms with Crippen molar-refractivity contribution in [2.45, 2.75) is 50.5 Å². The lowest BCUT2D eigenvalue weighted by Gasteiger charge is -2.46. The van der Waals surface area contributed by atoms with E-state index in [4.69, 9.17) is 11.1 Å². The van der Waals surface area contributed by atoms with Crippen molar-refractivity contribution in [2.24, 2.45) is 17.6 Å². The van der Waals surface area contributed by atoms with E-state index in [2.05, 4.69) is 5.32 Å². The number of carboxylic acids is 1. The summed E-state index contributed by atoms with van der Waals surface area (Å²) < 4.78 is 0. The third-order valence-corrected chi connectivity index (χ3v) is 7.57. The van der Waals surface area contributed by atoms with E-state index in [0.717, 1.165) is 12.8 Å². The van der Waals surface area contributed by atoms with Crippen molar-refractivity contribution < 1.29 is 24.6 Å². The molecule has 3 aliphatic rings. The molecule has 31 heavy (non-hydrogen) atoms. The average Bonchev–Trinajstić information content (AvgIpc) is 2.89. The van der Waals surface area contributed by atoms with Crippen molar-refractivity contribution in [1.29, 1.82) is 5.41 Å². The molecule has 0 aromatic heterocycles. The number of aliphatic hydroxyl groups excluding tert-OH is 1. The summed E-state index contributed by atoms with van der Waals surface area (Å²) in [5.74, 6) is -2.16. The smallest absolute Gasteiger partial charge is 0.353 e. The maximum Gasteiger partial charge on any atom is 0.353 e. The van der Waals surface area contributed by atoms with Crippen LogP contribution in [0.5, 0.6) is 0 Å². The zero-order valence-corrected chi connectivity index (χ0v) is 18.7. The summed E-state index contributed by atoms with van der Waals surface area (Å²) in [5, 5.41) is 30.6. The number of amidine groups is 1. The molecular formula is C20H31N5O5S. The van der Waals surface area contributed by atoms with Crippen LogP contribution in [0.4, 0.5) is 0 Å². The Morgan fingerprint density at radius 3 is 2.61 bits per heavy atom. The Hall–Kier alpha value is -2.11. The number of thioether (sulfide) groups is 1. The molecule has 10 nitrogen and oxygen atoms in total. The molecule has 2 fully saturated rings. The molecule has 0 aromatic carbocycles. The molecular weight excluding hydrogens is 422 g/mol. The molecule has 0 saturated carbocycles. The number of nitrogens with zero attached hydrogens (tertiary/aromatic N) is 2. The highest BCUT2D eigenvalue weighted by Crippen LogP contribution is 2.51. The number of nitrogens with two attached hydrogens (primary N) is 1. The summed E-state index contributed by atoms with van der Waals surface area (Å²) in [6, 6.07) is -0.321. The Kier molecular flexibility index (Phi) is 7.28. The first-order chi connectivity index (χ1) is 14.7. The van der Waals surface area contributed by atoms with E-state index in [-0.39, 0.29) is 47.0 Å². The Balaban J connectivity index is 1.53. The lowest BCUT2D eigenvalue weighted by molar-refractivity contribution is -0.163. The average molecular weight is 454 g/mol. The van der Waals surface area contributed by atoms with Crippen LogP contribution in [0.1, 0.15) is 33.1 Å². The summed E-state index contributed by atoms with van der Waals surface area (Å²) in [4.78, 5) is 40.0. The second-order valence-corrected chi connectivity index (χ2v) is 9.73. The summed E-state index contributed by atoms with van der Waals surface area (Å²) in [6.45, 7) is 5.68. The van der Waals surface area contributed by atoms with E-state index in [1.54, 1.807) is 11.8 Å². The number of aliphatic hydroxyl groups is 1. The number of carboxylic acid groups (broad SMARTS) is 1. The van der Waals surface area contributed by atoms with Crippen molar-refractivity contribution in [1.82, 2.24) is 15.1 Å². The molecule has 2 amide bonds. The maximum atomic E-state index is 12.4. The van der Waals surface area contributed by atoms with Crippen molar-refractivity contribution in [3.63, 3.8) is 0 Å². The molecule has 11 heteroatoms. The van der Waals surface area contributed by atoms with E-state index in [1.165, 1.54) is 16.7 Å². The number of unbranched alkanes of at least 4 members (excludes halogenated alkanes) is 1. The van der Waals surface area contributed by atoms with Crippen molar-refractivity contribution in [3.05, 3.63) is 10.6 Å². The van der Waals surface area contributed by atoms with Gasteiger partial charge < -0.3 is 31.1 Å². The number of aliphatic carboxylic acids is 1. The maximum absolute atomic E-state index is 12.4. The van der Waals surface area contributed by atoms with Crippen LogP contribution in [0.2, 0.25) is 0 Å². The standard InChI is InChI=1S/C20H31N5O5S/c1-10-16-15(11(2)26)19(28)25(16)17(20(29)30)18(10)31-12-8-24(9-12)13(22)7-14(27)23-6-4-3-5-21/h10-12,15-16,22,26H,3-9,21H2,1-2H3,(H,23,27)(H,29,30)/t10-,11-,15-,16-/m1/s1. The molecule has 4 atom stereocenters. The SMILES string of the molecule is C[C@@H](O)[C@H]1C(=O)N2C(C(=O)O)=C(SC3CN(C(=N)CC(=O)NCCCCN)C3)[C@H](C)[C@H]12. The van der Waals surface area contributed by atoms with Crippen LogP contribution < -0.4 is 11.1 Å². The zero-order chi connectivity index (χ0) is 22.9. The van der Waals surface area contributed by atoms with Gasteiger partial charge in [-0.2, -0.15) is 0 Å². The fourth-order valence-corrected chi connectivity index (χ4v) is 5.93. The van der Waals surface area contributed by atoms with E-state index in [1.807, 2.05) is 6.92 Å². The van der Waals surface area contributed by atoms with Gasteiger partial charge in [-0.15, -0.1) is 11.8 Å². The van der Waals surface area contributed by atoms with Gasteiger partial charge in [-0.1, -0.05) is 6.92 Å². The molecule has 0 spiro atoms. The lowest BCUT2D eigenvalue weighted by Crippen LogP contribution is -2.63. The highest BCUT2D eigenvalue weighted by molar-refractivity contribution is 8.03. The molecule has 3 rings (SSSR count). The molecule has 0 bridgehead atoms. The van der Waals surface area contributed by atoms with E-state index >= 15 is 0 Å². The van der Waals surface area contributed by atoms with Crippen LogP contribution in [0.25, 0.3) is 0 Å². The summed E-state index contributed by atoms with van der Waals surface area (Å²) in [5.41, 5.74) is 5.44. The highest BCUT2D eigenvalue weighted by Gasteiger charge is 2.60. The highest BCUT2D eigenvalue weighted by atomic mass is 32.2. The van der Waals surface area contributed by atoms with Crippen molar-refractivity contribution in [2.75, 3.05) is 26.2 Å². The number of β-lactam (4-membered cyclic amide) rings is 1. The minimum atomic E-state index is -1.13. The molecule has 0 aliphatic carbocycles. The number of nitrogens with one attached hydrogen (secondary N) is 2. The second kappa shape index (κ2) is 9.58. The van der Waals surface area contributed by atoms with Gasteiger partial charge in [0, 0.05) is 35.7 Å². The largest absolute Gasteiger partial charge is 0.477 e. The number of rotatable bonds is 10. The first-order valence-electron chi connectivity index (χ1n) is 10.6. The van der Waals surface area contributed by atoms with Crippen molar-refractivity contribution >= 4 is 35.4 Å². The van der Waals surface area contributed by atoms with Crippen LogP contribution in [-0.4, -0.2) is 87.2 Å². The predicted molar refractivity (Wildman–Crippen MR) is 116 cm³/mol. The first kappa shape index (κ1) is 23.6. The number of amides is 2. The Labute approximate surface area is 185 Å². The summed E-state index contributed by atoms with van der Waals surface area (Å²) in [7, 11) is 0. The molecule has 6 N–H and O–H groups in total. The van der Waals surface area contributed by atoms with Gasteiger partial charge in [0.25, 0.3) is 0 Å². The third kappa shape index (κ3) is 4.58. The van der Waals surface area contributed by atoms with Crippen LogP contribution in [-0.2, 0) is 14.4 Å². The van der Waals surface area contributed by atoms with Gasteiger partial charge in [-0.3, -0.25) is 15.0 Å². The van der Waals surface area contributed by atoms with Gasteiger partial charge in [0.1, 0.15) is 11.5 Å². The van der Waals surface area contributed by atoms with Crippen molar-refractivity contribution in [3.8, 4) is 0 Å². The number of carbonyl (C=O) groups excluding carboxylic acids is 2. The van der Waals surface area contributed by atoms with E-state index < -0.39 is 18.0 Å². The lowest BCUT2D eigenvalue weighted by atomic mass is 9.79. The summed E-state index contributed by atoms with van der Waals surface area (Å²) in [6.07, 6.45) is 0.849. The number of carbonyl (C=O) groups is 3. The van der Waals surface area contributed by atoms with Gasteiger partial charge in [0.2, 0.25) is 11.8 Å². The molecule has 3 heterocycles. The minimum Gasteiger partial charge on any atom is -0.477 e. The number of fused-ring (bicyclic) bond motifs is 1.